The van der Waals surface area contributed by atoms with E-state index in [1.165, 1.54) is 12.8 Å². The molecule has 0 aliphatic heterocycles. The van der Waals surface area contributed by atoms with Crippen LogP contribution in [0.3, 0.4) is 0 Å². The van der Waals surface area contributed by atoms with Gasteiger partial charge < -0.3 is 18.9 Å². The molecule has 0 bridgehead atoms. The van der Waals surface area contributed by atoms with Gasteiger partial charge in [0.1, 0.15) is 12.4 Å². The molecule has 3 aromatic carbocycles. The van der Waals surface area contributed by atoms with Crippen molar-refractivity contribution in [2.45, 2.75) is 69.5 Å². The molecule has 0 aromatic heterocycles. The largest absolute Gasteiger partial charge is 0.493 e. The molecular formula is C34H37NO5. The summed E-state index contributed by atoms with van der Waals surface area (Å²) in [5.74, 6) is 2.58. The predicted octanol–water partition coefficient (Wildman–Crippen LogP) is 6.98. The number of carbonyl (C=O) groups is 1. The molecule has 40 heavy (non-hydrogen) atoms. The van der Waals surface area contributed by atoms with E-state index in [9.17, 15) is 10.1 Å². The third-order valence-electron chi connectivity index (χ3n) is 8.32. The zero-order valence-electron chi connectivity index (χ0n) is 23.4. The lowest BCUT2D eigenvalue weighted by molar-refractivity contribution is -0.125. The van der Waals surface area contributed by atoms with E-state index in [0.29, 0.717) is 55.3 Å². The van der Waals surface area contributed by atoms with Crippen molar-refractivity contribution >= 4 is 5.78 Å². The van der Waals surface area contributed by atoms with E-state index in [4.69, 9.17) is 18.9 Å². The third kappa shape index (κ3) is 6.09. The first-order chi connectivity index (χ1) is 19.5. The Kier molecular flexibility index (Phi) is 8.60. The number of Topliss-reactive ketones (excluding diaryl/α,β-unsaturated/α-hetero) is 1. The number of benzene rings is 3. The second kappa shape index (κ2) is 12.5. The van der Waals surface area contributed by atoms with Crippen LogP contribution in [0, 0.1) is 17.2 Å². The van der Waals surface area contributed by atoms with Crippen molar-refractivity contribution in [3.63, 3.8) is 0 Å². The number of ketones is 1. The van der Waals surface area contributed by atoms with Crippen LogP contribution in [0.5, 0.6) is 23.0 Å². The molecule has 6 nitrogen and oxygen atoms in total. The van der Waals surface area contributed by atoms with Crippen molar-refractivity contribution in [1.29, 1.82) is 5.26 Å². The number of methoxy groups -OCH3 is 2. The van der Waals surface area contributed by atoms with E-state index in [1.807, 2.05) is 66.7 Å². The summed E-state index contributed by atoms with van der Waals surface area (Å²) in [5, 5.41) is 10.5. The normalized spacial score (nSPS) is 21.0. The minimum atomic E-state index is -0.762. The number of hydrogen-bond donors (Lipinski definition) is 0. The summed E-state index contributed by atoms with van der Waals surface area (Å²) in [6, 6.07) is 24.2. The monoisotopic (exact) mass is 539 g/mol. The summed E-state index contributed by atoms with van der Waals surface area (Å²) in [4.78, 5) is 13.1. The molecule has 2 aliphatic rings. The minimum Gasteiger partial charge on any atom is -0.493 e. The Bertz CT molecular complexity index is 1360. The molecule has 0 amide bonds. The van der Waals surface area contributed by atoms with E-state index in [0.717, 1.165) is 29.5 Å². The van der Waals surface area contributed by atoms with E-state index < -0.39 is 5.41 Å². The Hall–Kier alpha value is -3.98. The van der Waals surface area contributed by atoms with Crippen molar-refractivity contribution in [3.8, 4) is 29.1 Å². The molecule has 0 saturated heterocycles. The first-order valence-electron chi connectivity index (χ1n) is 14.2. The lowest BCUT2D eigenvalue weighted by Gasteiger charge is -2.36. The lowest BCUT2D eigenvalue weighted by Crippen LogP contribution is -2.37. The van der Waals surface area contributed by atoms with Crippen LogP contribution in [0.4, 0.5) is 0 Å². The molecule has 5 rings (SSSR count). The van der Waals surface area contributed by atoms with Gasteiger partial charge in [0.15, 0.2) is 23.0 Å². The number of carbonyl (C=O) groups excluding carboxylic acids is 1. The van der Waals surface area contributed by atoms with Crippen molar-refractivity contribution in [2.24, 2.45) is 5.92 Å². The quantitative estimate of drug-likeness (QED) is 0.277. The first-order valence-corrected chi connectivity index (χ1v) is 14.2. The van der Waals surface area contributed by atoms with Crippen LogP contribution in [0.15, 0.2) is 66.7 Å². The van der Waals surface area contributed by atoms with E-state index in [-0.39, 0.29) is 17.8 Å². The zero-order valence-corrected chi connectivity index (χ0v) is 23.4. The molecule has 2 aliphatic carbocycles. The van der Waals surface area contributed by atoms with Crippen LogP contribution in [0.25, 0.3) is 0 Å². The molecule has 2 saturated carbocycles. The average Bonchev–Trinajstić information content (AvgIpc) is 3.51. The zero-order chi connectivity index (χ0) is 28.0. The first kappa shape index (κ1) is 27.6. The molecule has 2 unspecified atom stereocenters. The molecule has 0 N–H and O–H groups in total. The smallest absolute Gasteiger partial charge is 0.161 e. The van der Waals surface area contributed by atoms with Gasteiger partial charge in [0.05, 0.1) is 31.8 Å². The molecule has 6 heteroatoms. The van der Waals surface area contributed by atoms with Crippen molar-refractivity contribution in [3.05, 3.63) is 83.4 Å². The second-order valence-corrected chi connectivity index (χ2v) is 10.9. The van der Waals surface area contributed by atoms with E-state index in [2.05, 4.69) is 6.07 Å². The lowest BCUT2D eigenvalue weighted by atomic mass is 9.65. The van der Waals surface area contributed by atoms with E-state index >= 15 is 0 Å². The molecule has 0 spiro atoms. The molecule has 2 atom stereocenters. The SMILES string of the molecule is COc1cc(CC2CC(C#N)(c3ccc(OC)c(OC4CCCC4)c3)CCC2=O)ccc1OCc1ccccc1. The maximum Gasteiger partial charge on any atom is 0.161 e. The molecule has 3 aromatic rings. The second-order valence-electron chi connectivity index (χ2n) is 10.9. The number of hydrogen-bond acceptors (Lipinski definition) is 6. The van der Waals surface area contributed by atoms with Gasteiger partial charge in [-0.15, -0.1) is 0 Å². The summed E-state index contributed by atoms with van der Waals surface area (Å²) < 4.78 is 23.5. The highest BCUT2D eigenvalue weighted by Gasteiger charge is 2.42. The Morgan fingerprint density at radius 1 is 0.875 bits per heavy atom. The average molecular weight is 540 g/mol. The van der Waals surface area contributed by atoms with Crippen molar-refractivity contribution in [2.75, 3.05) is 14.2 Å². The Morgan fingerprint density at radius 2 is 1.62 bits per heavy atom. The molecule has 0 radical (unpaired) electrons. The van der Waals surface area contributed by atoms with Crippen molar-refractivity contribution in [1.82, 2.24) is 0 Å². The fraction of sp³-hybridized carbons (Fsp3) is 0.412. The maximum atomic E-state index is 13.1. The van der Waals surface area contributed by atoms with Crippen LogP contribution in [0.2, 0.25) is 0 Å². The topological polar surface area (TPSA) is 77.8 Å². The Labute approximate surface area is 236 Å². The number of nitrogens with zero attached hydrogens (tertiary/aromatic N) is 1. The third-order valence-corrected chi connectivity index (χ3v) is 8.32. The fourth-order valence-electron chi connectivity index (χ4n) is 6.02. The van der Waals surface area contributed by atoms with Gasteiger partial charge in [-0.25, -0.2) is 0 Å². The molecular weight excluding hydrogens is 502 g/mol. The Balaban J connectivity index is 1.33. The van der Waals surface area contributed by atoms with Crippen LogP contribution < -0.4 is 18.9 Å². The van der Waals surface area contributed by atoms with Gasteiger partial charge in [-0.1, -0.05) is 42.5 Å². The van der Waals surface area contributed by atoms with Gasteiger partial charge in [0.2, 0.25) is 0 Å². The van der Waals surface area contributed by atoms with Gasteiger partial charge in [-0.2, -0.15) is 5.26 Å². The van der Waals surface area contributed by atoms with Crippen LogP contribution in [-0.2, 0) is 23.2 Å². The molecule has 2 fully saturated rings. The highest BCUT2D eigenvalue weighted by atomic mass is 16.5. The van der Waals surface area contributed by atoms with E-state index in [1.54, 1.807) is 14.2 Å². The van der Waals surface area contributed by atoms with Crippen molar-refractivity contribution < 1.29 is 23.7 Å². The van der Waals surface area contributed by atoms with Crippen LogP contribution in [-0.4, -0.2) is 26.1 Å². The summed E-state index contributed by atoms with van der Waals surface area (Å²) in [6.45, 7) is 0.441. The Morgan fingerprint density at radius 3 is 2.35 bits per heavy atom. The highest BCUT2D eigenvalue weighted by molar-refractivity contribution is 5.83. The summed E-state index contributed by atoms with van der Waals surface area (Å²) in [6.07, 6.45) is 6.47. The number of rotatable bonds is 10. The van der Waals surface area contributed by atoms with Gasteiger partial charge in [-0.3, -0.25) is 4.79 Å². The molecule has 208 valence electrons. The van der Waals surface area contributed by atoms with Gasteiger partial charge in [0, 0.05) is 12.3 Å². The van der Waals surface area contributed by atoms with Crippen LogP contribution in [0.1, 0.15) is 61.6 Å². The fourth-order valence-corrected chi connectivity index (χ4v) is 6.02. The van der Waals surface area contributed by atoms with Gasteiger partial charge in [-0.05, 0) is 85.9 Å². The van der Waals surface area contributed by atoms with Gasteiger partial charge in [0.25, 0.3) is 0 Å². The molecule has 0 heterocycles. The summed E-state index contributed by atoms with van der Waals surface area (Å²) >= 11 is 0. The standard InChI is InChI=1S/C34H37NO5/c1-37-30-15-13-27(20-33(30)40-28-10-6-7-11-28)34(23-35)17-16-29(36)26(21-34)18-25-12-14-31(32(19-25)38-2)39-22-24-8-4-3-5-9-24/h3-5,8-9,12-15,19-20,26,28H,6-7,10-11,16-18,21-22H2,1-2H3. The van der Waals surface area contributed by atoms with Gasteiger partial charge >= 0.3 is 0 Å². The summed E-state index contributed by atoms with van der Waals surface area (Å²) in [7, 11) is 3.26. The maximum absolute atomic E-state index is 13.1. The summed E-state index contributed by atoms with van der Waals surface area (Å²) in [5.41, 5.74) is 2.19. The number of ether oxygens (including phenoxy) is 4. The van der Waals surface area contributed by atoms with Crippen LogP contribution >= 0.6 is 0 Å². The minimum absolute atomic E-state index is 0.178. The number of nitriles is 1. The highest BCUT2D eigenvalue weighted by Crippen LogP contribution is 2.44. The predicted molar refractivity (Wildman–Crippen MR) is 153 cm³/mol.